The lowest BCUT2D eigenvalue weighted by Crippen LogP contribution is -2.42. The molecule has 0 radical (unpaired) electrons. The minimum atomic E-state index is -0.594. The van der Waals surface area contributed by atoms with E-state index in [4.69, 9.17) is 37.4 Å². The molecule has 2 heterocycles. The molecule has 1 saturated heterocycles. The zero-order chi connectivity index (χ0) is 20.8. The van der Waals surface area contributed by atoms with E-state index in [0.717, 1.165) is 31.4 Å². The van der Waals surface area contributed by atoms with Gasteiger partial charge in [-0.3, -0.25) is 9.78 Å². The lowest BCUT2D eigenvalue weighted by molar-refractivity contribution is -0.152. The van der Waals surface area contributed by atoms with Crippen molar-refractivity contribution in [1.82, 2.24) is 10.3 Å². The lowest BCUT2D eigenvalue weighted by Gasteiger charge is -2.26. The third kappa shape index (κ3) is 5.32. The maximum absolute atomic E-state index is 12.8. The number of carbonyl (C=O) groups excluding carboxylic acids is 1. The molecule has 0 amide bonds. The number of methoxy groups -OCH3 is 2. The summed E-state index contributed by atoms with van der Waals surface area (Å²) < 4.78 is 16.6. The summed E-state index contributed by atoms with van der Waals surface area (Å²) in [6.07, 6.45) is 5.59. The average molecular weight is 439 g/mol. The van der Waals surface area contributed by atoms with Crippen molar-refractivity contribution in [3.05, 3.63) is 51.8 Å². The van der Waals surface area contributed by atoms with E-state index in [1.807, 2.05) is 6.07 Å². The molecule has 0 saturated carbocycles. The molecule has 1 N–H and O–H groups in total. The van der Waals surface area contributed by atoms with Crippen LogP contribution >= 0.6 is 23.2 Å². The van der Waals surface area contributed by atoms with Gasteiger partial charge >= 0.3 is 5.97 Å². The maximum Gasteiger partial charge on any atom is 0.323 e. The Hall–Kier alpha value is -2.02. The van der Waals surface area contributed by atoms with E-state index in [1.54, 1.807) is 26.4 Å². The summed E-state index contributed by atoms with van der Waals surface area (Å²) >= 11 is 12.6. The molecule has 0 spiro atoms. The number of hydrogen-bond donors (Lipinski definition) is 1. The Morgan fingerprint density at radius 3 is 2.52 bits per heavy atom. The number of nitrogens with one attached hydrogen (secondary N) is 1. The fraction of sp³-hybridized carbons (Fsp3) is 0.429. The zero-order valence-corrected chi connectivity index (χ0v) is 17.9. The molecular weight excluding hydrogens is 415 g/mol. The van der Waals surface area contributed by atoms with E-state index in [9.17, 15) is 4.79 Å². The van der Waals surface area contributed by atoms with Gasteiger partial charge in [0.15, 0.2) is 11.5 Å². The van der Waals surface area contributed by atoms with Gasteiger partial charge in [-0.15, -0.1) is 0 Å². The number of esters is 1. The smallest absolute Gasteiger partial charge is 0.323 e. The number of halogens is 2. The molecular formula is C21H24Cl2N2O4. The highest BCUT2D eigenvalue weighted by atomic mass is 35.5. The first-order valence-electron chi connectivity index (χ1n) is 9.47. The molecule has 0 bridgehead atoms. The van der Waals surface area contributed by atoms with Gasteiger partial charge in [-0.2, -0.15) is 0 Å². The van der Waals surface area contributed by atoms with E-state index in [1.165, 1.54) is 12.4 Å². The summed E-state index contributed by atoms with van der Waals surface area (Å²) in [4.78, 5) is 16.8. The van der Waals surface area contributed by atoms with Crippen molar-refractivity contribution in [3.63, 3.8) is 0 Å². The summed E-state index contributed by atoms with van der Waals surface area (Å²) in [5.74, 6) is 0.856. The van der Waals surface area contributed by atoms with E-state index in [0.29, 0.717) is 33.5 Å². The molecule has 8 heteroatoms. The van der Waals surface area contributed by atoms with Crippen molar-refractivity contribution in [2.75, 3.05) is 20.8 Å². The molecule has 2 atom stereocenters. The predicted octanol–water partition coefficient (Wildman–Crippen LogP) is 4.37. The molecule has 156 valence electrons. The molecule has 3 rings (SSSR count). The van der Waals surface area contributed by atoms with Crippen molar-refractivity contribution in [1.29, 1.82) is 0 Å². The lowest BCUT2D eigenvalue weighted by atomic mass is 10.0. The topological polar surface area (TPSA) is 69.7 Å². The van der Waals surface area contributed by atoms with E-state index >= 15 is 0 Å². The highest BCUT2D eigenvalue weighted by molar-refractivity contribution is 6.35. The van der Waals surface area contributed by atoms with Crippen LogP contribution in [0.25, 0.3) is 0 Å². The molecule has 2 aromatic rings. The molecule has 1 aliphatic rings. The Kier molecular flexibility index (Phi) is 7.58. The van der Waals surface area contributed by atoms with E-state index in [2.05, 4.69) is 10.3 Å². The van der Waals surface area contributed by atoms with Gasteiger partial charge in [-0.05, 0) is 42.6 Å². The highest BCUT2D eigenvalue weighted by Gasteiger charge is 2.27. The van der Waals surface area contributed by atoms with Crippen molar-refractivity contribution >= 4 is 29.2 Å². The monoisotopic (exact) mass is 438 g/mol. The summed E-state index contributed by atoms with van der Waals surface area (Å²) in [6, 6.07) is 5.11. The average Bonchev–Trinajstić information content (AvgIpc) is 2.75. The van der Waals surface area contributed by atoms with Crippen LogP contribution in [0, 0.1) is 0 Å². The van der Waals surface area contributed by atoms with Crippen LogP contribution in [0.1, 0.15) is 36.5 Å². The number of ether oxygens (including phenoxy) is 3. The number of nitrogens with zero attached hydrogens (tertiary/aromatic N) is 1. The van der Waals surface area contributed by atoms with Crippen LogP contribution in [0.4, 0.5) is 0 Å². The highest BCUT2D eigenvalue weighted by Crippen LogP contribution is 2.35. The summed E-state index contributed by atoms with van der Waals surface area (Å²) in [5, 5.41) is 4.07. The van der Waals surface area contributed by atoms with Crippen LogP contribution in [0.2, 0.25) is 10.0 Å². The Balaban J connectivity index is 1.91. The molecule has 6 nitrogen and oxygen atoms in total. The van der Waals surface area contributed by atoms with Crippen LogP contribution in [-0.2, 0) is 16.0 Å². The number of aromatic nitrogens is 1. The van der Waals surface area contributed by atoms with E-state index in [-0.39, 0.29) is 12.0 Å². The number of piperidine rings is 1. The molecule has 1 aromatic heterocycles. The first-order chi connectivity index (χ1) is 14.0. The molecule has 1 aromatic carbocycles. The molecule has 1 aliphatic heterocycles. The number of carbonyl (C=O) groups is 1. The van der Waals surface area contributed by atoms with Crippen molar-refractivity contribution in [2.45, 2.75) is 37.8 Å². The van der Waals surface area contributed by atoms with Gasteiger partial charge in [0, 0.05) is 18.8 Å². The Labute approximate surface area is 180 Å². The van der Waals surface area contributed by atoms with Crippen LogP contribution < -0.4 is 14.8 Å². The van der Waals surface area contributed by atoms with Crippen LogP contribution in [0.5, 0.6) is 11.5 Å². The second kappa shape index (κ2) is 10.1. The van der Waals surface area contributed by atoms with Crippen LogP contribution in [0.15, 0.2) is 30.6 Å². The minimum absolute atomic E-state index is 0.286. The third-order valence-electron chi connectivity index (χ3n) is 4.97. The van der Waals surface area contributed by atoms with Gasteiger partial charge in [0.2, 0.25) is 0 Å². The van der Waals surface area contributed by atoms with Gasteiger partial charge in [-0.25, -0.2) is 0 Å². The number of rotatable bonds is 7. The van der Waals surface area contributed by atoms with Gasteiger partial charge in [0.1, 0.15) is 12.1 Å². The second-order valence-corrected chi connectivity index (χ2v) is 7.64. The molecule has 0 unspecified atom stereocenters. The fourth-order valence-corrected chi connectivity index (χ4v) is 3.89. The normalized spacial score (nSPS) is 17.4. The Morgan fingerprint density at radius 2 is 1.90 bits per heavy atom. The van der Waals surface area contributed by atoms with Crippen molar-refractivity contribution in [3.8, 4) is 11.5 Å². The second-order valence-electron chi connectivity index (χ2n) is 6.83. The number of pyridine rings is 1. The zero-order valence-electron chi connectivity index (χ0n) is 16.4. The quantitative estimate of drug-likeness (QED) is 0.646. The van der Waals surface area contributed by atoms with Gasteiger partial charge in [0.25, 0.3) is 0 Å². The summed E-state index contributed by atoms with van der Waals surface area (Å²) in [7, 11) is 3.13. The largest absolute Gasteiger partial charge is 0.493 e. The van der Waals surface area contributed by atoms with E-state index < -0.39 is 6.10 Å². The molecule has 1 fully saturated rings. The van der Waals surface area contributed by atoms with Gasteiger partial charge in [-0.1, -0.05) is 35.7 Å². The SMILES string of the molecule is COc1ccc([C@H](Cc2c(Cl)cncc2Cl)OC(=O)[C@@H]2CCCCN2)cc1OC. The minimum Gasteiger partial charge on any atom is -0.493 e. The first-order valence-corrected chi connectivity index (χ1v) is 10.2. The Bertz CT molecular complexity index is 836. The van der Waals surface area contributed by atoms with Gasteiger partial charge in [0.05, 0.1) is 24.3 Å². The maximum atomic E-state index is 12.8. The fourth-order valence-electron chi connectivity index (χ4n) is 3.37. The summed E-state index contributed by atoms with van der Waals surface area (Å²) in [6.45, 7) is 0.808. The predicted molar refractivity (Wildman–Crippen MR) is 112 cm³/mol. The number of hydrogen-bond acceptors (Lipinski definition) is 6. The third-order valence-corrected chi connectivity index (χ3v) is 5.63. The van der Waals surface area contributed by atoms with Crippen molar-refractivity contribution in [2.24, 2.45) is 0 Å². The van der Waals surface area contributed by atoms with Gasteiger partial charge < -0.3 is 19.5 Å². The van der Waals surface area contributed by atoms with Crippen molar-refractivity contribution < 1.29 is 19.0 Å². The number of benzene rings is 1. The Morgan fingerprint density at radius 1 is 1.17 bits per heavy atom. The molecule has 29 heavy (non-hydrogen) atoms. The van der Waals surface area contributed by atoms with Crippen LogP contribution in [-0.4, -0.2) is 37.8 Å². The molecule has 0 aliphatic carbocycles. The first kappa shape index (κ1) is 21.7. The standard InChI is InChI=1S/C21H24Cl2N2O4/c1-27-18-7-6-13(9-20(18)28-2)19(10-14-15(22)11-24-12-16(14)23)29-21(26)17-5-3-4-8-25-17/h6-7,9,11-12,17,19,25H,3-5,8,10H2,1-2H3/t17-,19-/m0/s1. The van der Waals surface area contributed by atoms with Crippen LogP contribution in [0.3, 0.4) is 0 Å². The summed E-state index contributed by atoms with van der Waals surface area (Å²) in [5.41, 5.74) is 1.43.